The van der Waals surface area contributed by atoms with E-state index >= 15 is 0 Å². The predicted molar refractivity (Wildman–Crippen MR) is 78.3 cm³/mol. The van der Waals surface area contributed by atoms with Crippen molar-refractivity contribution in [2.45, 2.75) is 58.9 Å². The summed E-state index contributed by atoms with van der Waals surface area (Å²) in [7, 11) is 1.97. The quantitative estimate of drug-likeness (QED) is 0.784. The van der Waals surface area contributed by atoms with Crippen LogP contribution in [0.2, 0.25) is 5.02 Å². The van der Waals surface area contributed by atoms with Crippen LogP contribution in [0, 0.1) is 6.92 Å². The summed E-state index contributed by atoms with van der Waals surface area (Å²) in [5.41, 5.74) is 2.10. The van der Waals surface area contributed by atoms with Gasteiger partial charge in [-0.05, 0) is 39.2 Å². The molecule has 1 N–H and O–H groups in total. The molecule has 0 aliphatic rings. The van der Waals surface area contributed by atoms with Crippen molar-refractivity contribution in [1.82, 2.24) is 15.1 Å². The first kappa shape index (κ1) is 15.5. The molecule has 0 amide bonds. The fraction of sp³-hybridized carbons (Fsp3) is 0.786. The van der Waals surface area contributed by atoms with Crippen molar-refractivity contribution in [3.63, 3.8) is 0 Å². The summed E-state index contributed by atoms with van der Waals surface area (Å²) >= 11 is 6.25. The van der Waals surface area contributed by atoms with E-state index in [1.54, 1.807) is 0 Å². The first-order valence-electron chi connectivity index (χ1n) is 7.01. The van der Waals surface area contributed by atoms with Gasteiger partial charge in [-0.25, -0.2) is 0 Å². The van der Waals surface area contributed by atoms with Gasteiger partial charge < -0.3 is 5.32 Å². The molecular weight excluding hydrogens is 246 g/mol. The lowest BCUT2D eigenvalue weighted by atomic mass is 10.0. The van der Waals surface area contributed by atoms with Gasteiger partial charge in [0.15, 0.2) is 0 Å². The van der Waals surface area contributed by atoms with Crippen LogP contribution in [-0.4, -0.2) is 22.4 Å². The number of nitrogens with one attached hydrogen (secondary N) is 1. The summed E-state index contributed by atoms with van der Waals surface area (Å²) in [4.78, 5) is 0. The zero-order valence-corrected chi connectivity index (χ0v) is 12.8. The van der Waals surface area contributed by atoms with E-state index in [1.807, 2.05) is 18.7 Å². The Labute approximate surface area is 116 Å². The average molecular weight is 272 g/mol. The SMILES string of the molecule is CCCC(CCCc1c(Cl)c(C)nn1C)NCC. The average Bonchev–Trinajstić information content (AvgIpc) is 2.56. The largest absolute Gasteiger partial charge is 0.314 e. The molecule has 0 fully saturated rings. The van der Waals surface area contributed by atoms with Crippen molar-refractivity contribution in [2.24, 2.45) is 7.05 Å². The van der Waals surface area contributed by atoms with E-state index in [4.69, 9.17) is 11.6 Å². The van der Waals surface area contributed by atoms with Gasteiger partial charge in [0.05, 0.1) is 16.4 Å². The van der Waals surface area contributed by atoms with E-state index in [9.17, 15) is 0 Å². The van der Waals surface area contributed by atoms with Crippen LogP contribution < -0.4 is 5.32 Å². The second kappa shape index (κ2) is 7.80. The van der Waals surface area contributed by atoms with Crippen molar-refractivity contribution in [1.29, 1.82) is 0 Å². The minimum Gasteiger partial charge on any atom is -0.314 e. The minimum absolute atomic E-state index is 0.646. The molecule has 0 aliphatic heterocycles. The van der Waals surface area contributed by atoms with Gasteiger partial charge in [-0.3, -0.25) is 4.68 Å². The van der Waals surface area contributed by atoms with Gasteiger partial charge >= 0.3 is 0 Å². The minimum atomic E-state index is 0.646. The Balaban J connectivity index is 2.44. The molecule has 104 valence electrons. The smallest absolute Gasteiger partial charge is 0.0846 e. The molecule has 0 spiro atoms. The number of halogens is 1. The van der Waals surface area contributed by atoms with Crippen LogP contribution in [0.15, 0.2) is 0 Å². The monoisotopic (exact) mass is 271 g/mol. The molecule has 0 aliphatic carbocycles. The van der Waals surface area contributed by atoms with Gasteiger partial charge in [0.1, 0.15) is 0 Å². The van der Waals surface area contributed by atoms with Crippen LogP contribution in [0.3, 0.4) is 0 Å². The summed E-state index contributed by atoms with van der Waals surface area (Å²) < 4.78 is 1.92. The van der Waals surface area contributed by atoms with E-state index < -0.39 is 0 Å². The zero-order chi connectivity index (χ0) is 13.5. The fourth-order valence-electron chi connectivity index (χ4n) is 2.45. The molecule has 3 nitrogen and oxygen atoms in total. The van der Waals surface area contributed by atoms with Crippen LogP contribution in [0.25, 0.3) is 0 Å². The Morgan fingerprint density at radius 1 is 1.33 bits per heavy atom. The summed E-state index contributed by atoms with van der Waals surface area (Å²) in [5, 5.41) is 8.74. The lowest BCUT2D eigenvalue weighted by molar-refractivity contribution is 0.445. The molecule has 0 saturated heterocycles. The van der Waals surface area contributed by atoms with E-state index in [1.165, 1.54) is 25.0 Å². The van der Waals surface area contributed by atoms with Gasteiger partial charge in [-0.1, -0.05) is 31.9 Å². The van der Waals surface area contributed by atoms with Gasteiger partial charge in [0.2, 0.25) is 0 Å². The maximum Gasteiger partial charge on any atom is 0.0846 e. The third-order valence-electron chi connectivity index (χ3n) is 3.36. The molecule has 1 aromatic rings. The summed E-state index contributed by atoms with van der Waals surface area (Å²) in [5.74, 6) is 0. The third kappa shape index (κ3) is 4.29. The first-order valence-corrected chi connectivity index (χ1v) is 7.39. The molecule has 0 bridgehead atoms. The van der Waals surface area contributed by atoms with E-state index in [2.05, 4.69) is 24.3 Å². The summed E-state index contributed by atoms with van der Waals surface area (Å²) in [6, 6.07) is 0.646. The molecule has 1 unspecified atom stereocenters. The number of hydrogen-bond donors (Lipinski definition) is 1. The summed E-state index contributed by atoms with van der Waals surface area (Å²) in [6.07, 6.45) is 5.88. The number of nitrogens with zero attached hydrogens (tertiary/aromatic N) is 2. The molecule has 0 radical (unpaired) electrons. The zero-order valence-electron chi connectivity index (χ0n) is 12.1. The summed E-state index contributed by atoms with van der Waals surface area (Å²) in [6.45, 7) is 7.43. The number of aromatic nitrogens is 2. The van der Waals surface area contributed by atoms with E-state index in [0.29, 0.717) is 6.04 Å². The van der Waals surface area contributed by atoms with E-state index in [0.717, 1.165) is 30.1 Å². The van der Waals surface area contributed by atoms with Crippen LogP contribution in [0.5, 0.6) is 0 Å². The molecule has 4 heteroatoms. The Kier molecular flexibility index (Phi) is 6.72. The highest BCUT2D eigenvalue weighted by atomic mass is 35.5. The maximum absolute atomic E-state index is 6.25. The highest BCUT2D eigenvalue weighted by Crippen LogP contribution is 2.21. The lowest BCUT2D eigenvalue weighted by Gasteiger charge is -2.16. The maximum atomic E-state index is 6.25. The van der Waals surface area contributed by atoms with Gasteiger partial charge in [-0.15, -0.1) is 0 Å². The third-order valence-corrected chi connectivity index (χ3v) is 3.85. The van der Waals surface area contributed by atoms with Crippen LogP contribution in [0.1, 0.15) is 50.9 Å². The normalized spacial score (nSPS) is 12.9. The van der Waals surface area contributed by atoms with Crippen LogP contribution in [-0.2, 0) is 13.5 Å². The molecule has 1 heterocycles. The molecule has 0 aromatic carbocycles. The predicted octanol–water partition coefficient (Wildman–Crippen LogP) is 3.48. The Morgan fingerprint density at radius 3 is 2.56 bits per heavy atom. The molecule has 18 heavy (non-hydrogen) atoms. The van der Waals surface area contributed by atoms with Crippen LogP contribution in [0.4, 0.5) is 0 Å². The Hall–Kier alpha value is -0.540. The van der Waals surface area contributed by atoms with Gasteiger partial charge in [0.25, 0.3) is 0 Å². The molecular formula is C14H26ClN3. The van der Waals surface area contributed by atoms with E-state index in [-0.39, 0.29) is 0 Å². The first-order chi connectivity index (χ1) is 8.60. The van der Waals surface area contributed by atoms with Crippen molar-refractivity contribution >= 4 is 11.6 Å². The second-order valence-corrected chi connectivity index (χ2v) is 5.28. The lowest BCUT2D eigenvalue weighted by Crippen LogP contribution is -2.28. The fourth-order valence-corrected chi connectivity index (χ4v) is 2.71. The van der Waals surface area contributed by atoms with Gasteiger partial charge in [-0.2, -0.15) is 5.10 Å². The van der Waals surface area contributed by atoms with Crippen molar-refractivity contribution in [3.05, 3.63) is 16.4 Å². The Morgan fingerprint density at radius 2 is 2.06 bits per heavy atom. The van der Waals surface area contributed by atoms with Gasteiger partial charge in [0, 0.05) is 13.1 Å². The highest BCUT2D eigenvalue weighted by molar-refractivity contribution is 6.31. The molecule has 1 aromatic heterocycles. The second-order valence-electron chi connectivity index (χ2n) is 4.91. The molecule has 1 atom stereocenters. The number of aryl methyl sites for hydroxylation is 2. The van der Waals surface area contributed by atoms with Crippen LogP contribution >= 0.6 is 11.6 Å². The standard InChI is InChI=1S/C14H26ClN3/c1-5-8-12(16-6-2)9-7-10-13-14(15)11(3)17-18(13)4/h12,16H,5-10H2,1-4H3. The number of rotatable bonds is 8. The molecule has 1 rings (SSSR count). The highest BCUT2D eigenvalue weighted by Gasteiger charge is 2.12. The topological polar surface area (TPSA) is 29.9 Å². The van der Waals surface area contributed by atoms with Crippen molar-refractivity contribution in [2.75, 3.05) is 6.54 Å². The van der Waals surface area contributed by atoms with Crippen molar-refractivity contribution in [3.8, 4) is 0 Å². The van der Waals surface area contributed by atoms with Crippen molar-refractivity contribution < 1.29 is 0 Å². The molecule has 0 saturated carbocycles. The number of hydrogen-bond acceptors (Lipinski definition) is 2. The Bertz CT molecular complexity index is 354.